The molecule has 2 atom stereocenters. The van der Waals surface area contributed by atoms with Gasteiger partial charge in [0.05, 0.1) is 21.3 Å². The predicted molar refractivity (Wildman–Crippen MR) is 118 cm³/mol. The van der Waals surface area contributed by atoms with Gasteiger partial charge in [-0.15, -0.1) is 0 Å². The standard InChI is InChI=1S/C24H24N4O4/c1-30-17-7-4-14(5-8-17)23-22-18(27-24-25-13-26-28(23)24)10-16(11-19(22)29)15-6-9-20(31-2)21(12-15)32-3/h4-9,12-13,16,23H,10-11H2,1-3H3,(H,25,26,27)/t16-,23-/m0/s1. The Bertz CT molecular complexity index is 1200. The molecular formula is C24H24N4O4. The maximum Gasteiger partial charge on any atom is 0.226 e. The first-order valence-electron chi connectivity index (χ1n) is 10.4. The lowest BCUT2D eigenvalue weighted by atomic mass is 9.78. The van der Waals surface area contributed by atoms with Crippen molar-refractivity contribution in [3.05, 3.63) is 71.2 Å². The molecule has 32 heavy (non-hydrogen) atoms. The molecule has 8 heteroatoms. The third-order valence-electron chi connectivity index (χ3n) is 6.17. The van der Waals surface area contributed by atoms with E-state index in [-0.39, 0.29) is 17.7 Å². The largest absolute Gasteiger partial charge is 0.497 e. The van der Waals surface area contributed by atoms with E-state index in [1.807, 2.05) is 42.5 Å². The van der Waals surface area contributed by atoms with E-state index in [9.17, 15) is 4.79 Å². The molecule has 0 unspecified atom stereocenters. The van der Waals surface area contributed by atoms with E-state index >= 15 is 0 Å². The van der Waals surface area contributed by atoms with Crippen molar-refractivity contribution in [1.82, 2.24) is 14.8 Å². The normalized spacial score (nSPS) is 19.7. The first-order valence-corrected chi connectivity index (χ1v) is 10.4. The second kappa shape index (κ2) is 8.03. The SMILES string of the molecule is COc1ccc([C@H]2C3=C(C[C@H](c4ccc(OC)c(OC)c4)CC3=O)Nc3ncnn32)cc1. The van der Waals surface area contributed by atoms with Gasteiger partial charge in [-0.25, -0.2) is 4.68 Å². The molecule has 2 heterocycles. The number of methoxy groups -OCH3 is 3. The number of anilines is 1. The van der Waals surface area contributed by atoms with Gasteiger partial charge in [-0.2, -0.15) is 10.1 Å². The number of carbonyl (C=O) groups is 1. The van der Waals surface area contributed by atoms with E-state index in [2.05, 4.69) is 15.4 Å². The quantitative estimate of drug-likeness (QED) is 0.657. The lowest BCUT2D eigenvalue weighted by Crippen LogP contribution is -2.33. The summed E-state index contributed by atoms with van der Waals surface area (Å²) in [6.45, 7) is 0. The molecule has 0 bridgehead atoms. The number of hydrogen-bond acceptors (Lipinski definition) is 7. The number of allylic oxidation sites excluding steroid dienone is 2. The van der Waals surface area contributed by atoms with Gasteiger partial charge in [-0.1, -0.05) is 18.2 Å². The van der Waals surface area contributed by atoms with Gasteiger partial charge in [0, 0.05) is 17.7 Å². The maximum atomic E-state index is 13.5. The molecule has 8 nitrogen and oxygen atoms in total. The van der Waals surface area contributed by atoms with Crippen molar-refractivity contribution in [2.24, 2.45) is 0 Å². The number of ether oxygens (including phenoxy) is 3. The molecule has 1 aromatic heterocycles. The molecule has 0 saturated carbocycles. The number of nitrogens with zero attached hydrogens (tertiary/aromatic N) is 3. The third-order valence-corrected chi connectivity index (χ3v) is 6.17. The van der Waals surface area contributed by atoms with Crippen LogP contribution < -0.4 is 19.5 Å². The van der Waals surface area contributed by atoms with Crippen molar-refractivity contribution in [3.8, 4) is 17.2 Å². The van der Waals surface area contributed by atoms with Gasteiger partial charge in [-0.05, 0) is 47.7 Å². The molecule has 0 amide bonds. The average Bonchev–Trinajstić information content (AvgIpc) is 3.30. The van der Waals surface area contributed by atoms with Crippen LogP contribution in [0.15, 0.2) is 60.1 Å². The Balaban J connectivity index is 1.54. The molecule has 5 rings (SSSR count). The zero-order valence-electron chi connectivity index (χ0n) is 18.2. The summed E-state index contributed by atoms with van der Waals surface area (Å²) in [5, 5.41) is 7.75. The number of ketones is 1. The minimum Gasteiger partial charge on any atom is -0.497 e. The molecule has 2 aromatic carbocycles. The van der Waals surface area contributed by atoms with Gasteiger partial charge in [0.25, 0.3) is 0 Å². The van der Waals surface area contributed by atoms with Crippen molar-refractivity contribution < 1.29 is 19.0 Å². The summed E-state index contributed by atoms with van der Waals surface area (Å²) in [6, 6.07) is 13.2. The zero-order chi connectivity index (χ0) is 22.2. The summed E-state index contributed by atoms with van der Waals surface area (Å²) in [6.07, 6.45) is 2.61. The number of fused-ring (bicyclic) bond motifs is 1. The molecule has 2 aliphatic rings. The Hall–Kier alpha value is -3.81. The molecule has 0 spiro atoms. The lowest BCUT2D eigenvalue weighted by molar-refractivity contribution is -0.116. The molecule has 0 fully saturated rings. The van der Waals surface area contributed by atoms with E-state index in [1.165, 1.54) is 6.33 Å². The van der Waals surface area contributed by atoms with E-state index < -0.39 is 0 Å². The monoisotopic (exact) mass is 432 g/mol. The van der Waals surface area contributed by atoms with Crippen molar-refractivity contribution in [3.63, 3.8) is 0 Å². The summed E-state index contributed by atoms with van der Waals surface area (Å²) in [4.78, 5) is 17.9. The fourth-order valence-corrected chi connectivity index (χ4v) is 4.59. The number of carbonyl (C=O) groups excluding carboxylic acids is 1. The van der Waals surface area contributed by atoms with Crippen LogP contribution in [0, 0.1) is 0 Å². The van der Waals surface area contributed by atoms with Crippen LogP contribution in [0.2, 0.25) is 0 Å². The van der Waals surface area contributed by atoms with Crippen molar-refractivity contribution >= 4 is 11.7 Å². The van der Waals surface area contributed by atoms with Crippen LogP contribution >= 0.6 is 0 Å². The molecule has 1 aliphatic carbocycles. The molecule has 3 aromatic rings. The van der Waals surface area contributed by atoms with Crippen LogP contribution in [0.3, 0.4) is 0 Å². The Kier molecular flexibility index (Phi) is 5.05. The van der Waals surface area contributed by atoms with Gasteiger partial charge in [0.15, 0.2) is 17.3 Å². The molecule has 0 saturated heterocycles. The summed E-state index contributed by atoms with van der Waals surface area (Å²) < 4.78 is 17.9. The summed E-state index contributed by atoms with van der Waals surface area (Å²) in [5.41, 5.74) is 3.63. The third kappa shape index (κ3) is 3.28. The molecule has 164 valence electrons. The van der Waals surface area contributed by atoms with Gasteiger partial charge in [-0.3, -0.25) is 4.79 Å². The van der Waals surface area contributed by atoms with Gasteiger partial charge in [0.2, 0.25) is 5.95 Å². The number of aromatic nitrogens is 3. The van der Waals surface area contributed by atoms with Crippen LogP contribution in [-0.2, 0) is 4.79 Å². The van der Waals surface area contributed by atoms with Gasteiger partial charge >= 0.3 is 0 Å². The number of rotatable bonds is 5. The van der Waals surface area contributed by atoms with Crippen LogP contribution in [0.4, 0.5) is 5.95 Å². The summed E-state index contributed by atoms with van der Waals surface area (Å²) in [7, 11) is 4.86. The molecule has 1 N–H and O–H groups in total. The summed E-state index contributed by atoms with van der Waals surface area (Å²) in [5.74, 6) is 2.84. The van der Waals surface area contributed by atoms with E-state index in [0.29, 0.717) is 30.3 Å². The molecule has 0 radical (unpaired) electrons. The highest BCUT2D eigenvalue weighted by Crippen LogP contribution is 2.45. The second-order valence-corrected chi connectivity index (χ2v) is 7.86. The summed E-state index contributed by atoms with van der Waals surface area (Å²) >= 11 is 0. The highest BCUT2D eigenvalue weighted by atomic mass is 16.5. The number of benzene rings is 2. The topological polar surface area (TPSA) is 87.5 Å². The fraction of sp³-hybridized carbons (Fsp3) is 0.292. The van der Waals surface area contributed by atoms with E-state index in [4.69, 9.17) is 14.2 Å². The number of Topliss-reactive ketones (excluding diaryl/α,β-unsaturated/α-hetero) is 1. The Labute approximate surface area is 185 Å². The first kappa shape index (κ1) is 20.1. The zero-order valence-corrected chi connectivity index (χ0v) is 18.2. The second-order valence-electron chi connectivity index (χ2n) is 7.86. The van der Waals surface area contributed by atoms with Crippen LogP contribution in [0.5, 0.6) is 17.2 Å². The smallest absolute Gasteiger partial charge is 0.226 e. The Morgan fingerprint density at radius 3 is 2.41 bits per heavy atom. The van der Waals surface area contributed by atoms with Gasteiger partial charge < -0.3 is 19.5 Å². The van der Waals surface area contributed by atoms with Crippen molar-refractivity contribution in [2.75, 3.05) is 26.6 Å². The van der Waals surface area contributed by atoms with Crippen LogP contribution in [0.25, 0.3) is 0 Å². The fourth-order valence-electron chi connectivity index (χ4n) is 4.59. The highest BCUT2D eigenvalue weighted by molar-refractivity contribution is 6.00. The number of nitrogens with one attached hydrogen (secondary N) is 1. The van der Waals surface area contributed by atoms with Crippen LogP contribution in [-0.4, -0.2) is 41.9 Å². The Morgan fingerprint density at radius 1 is 0.938 bits per heavy atom. The minimum absolute atomic E-state index is 0.0274. The molecule has 1 aliphatic heterocycles. The first-order chi connectivity index (χ1) is 15.6. The molecular weight excluding hydrogens is 408 g/mol. The minimum atomic E-state index is -0.325. The number of hydrogen-bond donors (Lipinski definition) is 1. The predicted octanol–water partition coefficient (Wildman–Crippen LogP) is 3.72. The van der Waals surface area contributed by atoms with Crippen LogP contribution in [0.1, 0.15) is 35.9 Å². The van der Waals surface area contributed by atoms with Crippen molar-refractivity contribution in [1.29, 1.82) is 0 Å². The Morgan fingerprint density at radius 2 is 1.69 bits per heavy atom. The van der Waals surface area contributed by atoms with Crippen molar-refractivity contribution in [2.45, 2.75) is 24.8 Å². The van der Waals surface area contributed by atoms with Gasteiger partial charge in [0.1, 0.15) is 18.1 Å². The average molecular weight is 432 g/mol. The highest BCUT2D eigenvalue weighted by Gasteiger charge is 2.39. The maximum absolute atomic E-state index is 13.5. The van der Waals surface area contributed by atoms with E-state index in [0.717, 1.165) is 28.1 Å². The lowest BCUT2D eigenvalue weighted by Gasteiger charge is -2.35. The van der Waals surface area contributed by atoms with E-state index in [1.54, 1.807) is 26.0 Å².